The van der Waals surface area contributed by atoms with Gasteiger partial charge < -0.3 is 10.1 Å². The van der Waals surface area contributed by atoms with Crippen molar-refractivity contribution in [2.24, 2.45) is 0 Å². The van der Waals surface area contributed by atoms with E-state index in [-0.39, 0.29) is 16.6 Å². The molecule has 0 amide bonds. The fourth-order valence-corrected chi connectivity index (χ4v) is 2.27. The van der Waals surface area contributed by atoms with Crippen LogP contribution in [-0.4, -0.2) is 7.11 Å². The topological polar surface area (TPSA) is 21.3 Å². The van der Waals surface area contributed by atoms with Crippen molar-refractivity contribution in [1.29, 1.82) is 0 Å². The Kier molecular flexibility index (Phi) is 5.09. The lowest BCUT2D eigenvalue weighted by Gasteiger charge is -2.11. The predicted molar refractivity (Wildman–Crippen MR) is 77.6 cm³/mol. The molecule has 2 rings (SSSR count). The highest BCUT2D eigenvalue weighted by Gasteiger charge is 2.12. The fourth-order valence-electron chi connectivity index (χ4n) is 1.90. The van der Waals surface area contributed by atoms with Crippen LogP contribution in [0.3, 0.4) is 0 Å². The Labute approximate surface area is 124 Å². The summed E-state index contributed by atoms with van der Waals surface area (Å²) in [5.41, 5.74) is 0.958. The molecule has 0 saturated heterocycles. The smallest absolute Gasteiger partial charge is 0.144 e. The maximum atomic E-state index is 13.8. The lowest BCUT2D eigenvalue weighted by atomic mass is 10.1. The molecule has 0 aromatic heterocycles. The summed E-state index contributed by atoms with van der Waals surface area (Å²) < 4.78 is 32.8. The standard InChI is InChI=1S/C15H14BrF2NO/c1-20-14-5-3-2-4-10(14)8-19-9-11-13(17)7-6-12(16)15(11)18/h2-7,19H,8-9H2,1H3. The monoisotopic (exact) mass is 341 g/mol. The third-order valence-corrected chi connectivity index (χ3v) is 3.56. The molecule has 0 aliphatic heterocycles. The maximum Gasteiger partial charge on any atom is 0.144 e. The van der Waals surface area contributed by atoms with Crippen molar-refractivity contribution < 1.29 is 13.5 Å². The highest BCUT2D eigenvalue weighted by molar-refractivity contribution is 9.10. The van der Waals surface area contributed by atoms with E-state index in [0.29, 0.717) is 6.54 Å². The number of methoxy groups -OCH3 is 1. The molecule has 5 heteroatoms. The minimum absolute atomic E-state index is 0.0225. The Morgan fingerprint density at radius 2 is 1.85 bits per heavy atom. The van der Waals surface area contributed by atoms with Crippen molar-refractivity contribution in [3.05, 3.63) is 63.6 Å². The second-order valence-electron chi connectivity index (χ2n) is 4.24. The van der Waals surface area contributed by atoms with Gasteiger partial charge in [0.25, 0.3) is 0 Å². The molecule has 0 saturated carbocycles. The summed E-state index contributed by atoms with van der Waals surface area (Å²) >= 11 is 3.05. The van der Waals surface area contributed by atoms with Crippen molar-refractivity contribution in [2.45, 2.75) is 13.1 Å². The molecule has 2 nitrogen and oxygen atoms in total. The van der Waals surface area contributed by atoms with E-state index in [2.05, 4.69) is 21.2 Å². The highest BCUT2D eigenvalue weighted by Crippen LogP contribution is 2.22. The van der Waals surface area contributed by atoms with Crippen molar-refractivity contribution in [2.75, 3.05) is 7.11 Å². The Balaban J connectivity index is 2.05. The summed E-state index contributed by atoms with van der Waals surface area (Å²) in [6.07, 6.45) is 0. The average Bonchev–Trinajstić information content (AvgIpc) is 2.47. The van der Waals surface area contributed by atoms with E-state index >= 15 is 0 Å². The molecule has 0 atom stereocenters. The average molecular weight is 342 g/mol. The summed E-state index contributed by atoms with van der Waals surface area (Å²) in [4.78, 5) is 0. The number of ether oxygens (including phenoxy) is 1. The van der Waals surface area contributed by atoms with Crippen molar-refractivity contribution in [3.63, 3.8) is 0 Å². The van der Waals surface area contributed by atoms with Gasteiger partial charge in [0.1, 0.15) is 17.4 Å². The van der Waals surface area contributed by atoms with Gasteiger partial charge >= 0.3 is 0 Å². The summed E-state index contributed by atoms with van der Waals surface area (Å²) in [5, 5.41) is 3.02. The minimum Gasteiger partial charge on any atom is -0.496 e. The van der Waals surface area contributed by atoms with Crippen LogP contribution >= 0.6 is 15.9 Å². The van der Waals surface area contributed by atoms with Crippen LogP contribution in [0, 0.1) is 11.6 Å². The first-order valence-electron chi connectivity index (χ1n) is 6.08. The molecular weight excluding hydrogens is 328 g/mol. The van der Waals surface area contributed by atoms with Gasteiger partial charge in [0.2, 0.25) is 0 Å². The largest absolute Gasteiger partial charge is 0.496 e. The van der Waals surface area contributed by atoms with Gasteiger partial charge in [0, 0.05) is 24.2 Å². The van der Waals surface area contributed by atoms with E-state index in [1.54, 1.807) is 7.11 Å². The molecule has 1 N–H and O–H groups in total. The maximum absolute atomic E-state index is 13.8. The second kappa shape index (κ2) is 6.81. The molecule has 0 aliphatic rings. The van der Waals surface area contributed by atoms with E-state index in [0.717, 1.165) is 11.3 Å². The number of benzene rings is 2. The zero-order chi connectivity index (χ0) is 14.5. The van der Waals surface area contributed by atoms with Gasteiger partial charge in [0.15, 0.2) is 0 Å². The lowest BCUT2D eigenvalue weighted by Crippen LogP contribution is -2.15. The normalized spacial score (nSPS) is 10.6. The number of halogens is 3. The van der Waals surface area contributed by atoms with Crippen LogP contribution in [0.25, 0.3) is 0 Å². The molecule has 0 bridgehead atoms. The summed E-state index contributed by atoms with van der Waals surface area (Å²) in [5.74, 6) is -0.383. The van der Waals surface area contributed by atoms with Gasteiger partial charge in [-0.2, -0.15) is 0 Å². The Hall–Kier alpha value is -1.46. The zero-order valence-electron chi connectivity index (χ0n) is 10.9. The van der Waals surface area contributed by atoms with Crippen LogP contribution < -0.4 is 10.1 Å². The number of para-hydroxylation sites is 1. The Morgan fingerprint density at radius 1 is 1.10 bits per heavy atom. The van der Waals surface area contributed by atoms with Crippen molar-refractivity contribution >= 4 is 15.9 Å². The third kappa shape index (κ3) is 3.35. The quantitative estimate of drug-likeness (QED) is 0.829. The molecular formula is C15H14BrF2NO. The van der Waals surface area contributed by atoms with Gasteiger partial charge in [-0.15, -0.1) is 0 Å². The van der Waals surface area contributed by atoms with Crippen LogP contribution in [0.1, 0.15) is 11.1 Å². The molecule has 0 heterocycles. The van der Waals surface area contributed by atoms with E-state index in [1.165, 1.54) is 12.1 Å². The number of nitrogens with one attached hydrogen (secondary N) is 1. The SMILES string of the molecule is COc1ccccc1CNCc1c(F)ccc(Br)c1F. The zero-order valence-corrected chi connectivity index (χ0v) is 12.5. The summed E-state index contributed by atoms with van der Waals surface area (Å²) in [6.45, 7) is 0.574. The number of hydrogen-bond donors (Lipinski definition) is 1. The molecule has 2 aromatic rings. The van der Waals surface area contributed by atoms with Crippen molar-refractivity contribution in [3.8, 4) is 5.75 Å². The van der Waals surface area contributed by atoms with Gasteiger partial charge in [-0.25, -0.2) is 8.78 Å². The highest BCUT2D eigenvalue weighted by atomic mass is 79.9. The van der Waals surface area contributed by atoms with E-state index in [9.17, 15) is 8.78 Å². The van der Waals surface area contributed by atoms with Gasteiger partial charge in [-0.05, 0) is 34.1 Å². The molecule has 0 unspecified atom stereocenters. The molecule has 106 valence electrons. The van der Waals surface area contributed by atoms with Gasteiger partial charge in [-0.3, -0.25) is 0 Å². The van der Waals surface area contributed by atoms with E-state index in [4.69, 9.17) is 4.74 Å². The minimum atomic E-state index is -0.572. The number of rotatable bonds is 5. The summed E-state index contributed by atoms with van der Waals surface area (Å²) in [7, 11) is 1.59. The van der Waals surface area contributed by atoms with Crippen LogP contribution in [0.4, 0.5) is 8.78 Å². The van der Waals surface area contributed by atoms with Crippen LogP contribution in [0.15, 0.2) is 40.9 Å². The molecule has 2 aromatic carbocycles. The Morgan fingerprint density at radius 3 is 2.60 bits per heavy atom. The first-order valence-corrected chi connectivity index (χ1v) is 6.87. The molecule has 0 spiro atoms. The molecule has 0 radical (unpaired) electrons. The lowest BCUT2D eigenvalue weighted by molar-refractivity contribution is 0.407. The van der Waals surface area contributed by atoms with Crippen LogP contribution in [-0.2, 0) is 13.1 Å². The van der Waals surface area contributed by atoms with Gasteiger partial charge in [0.05, 0.1) is 11.6 Å². The van der Waals surface area contributed by atoms with E-state index < -0.39 is 11.6 Å². The fraction of sp³-hybridized carbons (Fsp3) is 0.200. The first-order chi connectivity index (χ1) is 9.63. The van der Waals surface area contributed by atoms with E-state index in [1.807, 2.05) is 24.3 Å². The predicted octanol–water partition coefficient (Wildman–Crippen LogP) is 4.03. The third-order valence-electron chi connectivity index (χ3n) is 2.95. The Bertz CT molecular complexity index is 604. The second-order valence-corrected chi connectivity index (χ2v) is 5.09. The van der Waals surface area contributed by atoms with Crippen molar-refractivity contribution in [1.82, 2.24) is 5.32 Å². The van der Waals surface area contributed by atoms with Crippen LogP contribution in [0.2, 0.25) is 0 Å². The molecule has 0 fully saturated rings. The first kappa shape index (κ1) is 14.9. The number of hydrogen-bond acceptors (Lipinski definition) is 2. The summed E-state index contributed by atoms with van der Waals surface area (Å²) in [6, 6.07) is 10.1. The molecule has 0 aliphatic carbocycles. The van der Waals surface area contributed by atoms with Gasteiger partial charge in [-0.1, -0.05) is 18.2 Å². The van der Waals surface area contributed by atoms with Crippen LogP contribution in [0.5, 0.6) is 5.75 Å². The molecule has 20 heavy (non-hydrogen) atoms.